The van der Waals surface area contributed by atoms with Gasteiger partial charge in [0.15, 0.2) is 5.78 Å². The first kappa shape index (κ1) is 14.4. The van der Waals surface area contributed by atoms with E-state index in [1.54, 1.807) is 12.2 Å². The summed E-state index contributed by atoms with van der Waals surface area (Å²) in [6.45, 7) is 4.24. The third-order valence-corrected chi connectivity index (χ3v) is 7.21. The highest BCUT2D eigenvalue weighted by Gasteiger charge is 2.61. The Hall–Kier alpha value is -1.22. The highest BCUT2D eigenvalue weighted by Crippen LogP contribution is 2.63. The maximum Gasteiger partial charge on any atom is 0.178 e. The number of rotatable bonds is 0. The molecule has 1 N–H and O–H groups in total. The van der Waals surface area contributed by atoms with Crippen LogP contribution in [0.5, 0.6) is 0 Å². The summed E-state index contributed by atoms with van der Waals surface area (Å²) in [5.74, 6) is 1.34. The van der Waals surface area contributed by atoms with Crippen LogP contribution < -0.4 is 0 Å². The Labute approximate surface area is 131 Å². The number of fused-ring (bicyclic) bond motifs is 5. The van der Waals surface area contributed by atoms with E-state index in [1.807, 2.05) is 6.08 Å². The summed E-state index contributed by atoms with van der Waals surface area (Å²) in [6.07, 6.45) is 9.14. The number of hydrogen-bond acceptors (Lipinski definition) is 3. The molecule has 0 spiro atoms. The molecule has 0 amide bonds. The van der Waals surface area contributed by atoms with Crippen molar-refractivity contribution >= 4 is 11.6 Å². The van der Waals surface area contributed by atoms with Crippen molar-refractivity contribution in [3.8, 4) is 0 Å². The predicted molar refractivity (Wildman–Crippen MR) is 83.0 cm³/mol. The van der Waals surface area contributed by atoms with Crippen LogP contribution in [0.1, 0.15) is 46.0 Å². The zero-order valence-electron chi connectivity index (χ0n) is 13.3. The van der Waals surface area contributed by atoms with Gasteiger partial charge in [-0.1, -0.05) is 25.5 Å². The minimum Gasteiger partial charge on any atom is -0.393 e. The SMILES string of the molecule is C[C@]12C=CC(=O)C=C1CCC1C2[C@H](O)C[C@]2(C)C(=O)CCC12. The number of ketones is 2. The maximum atomic E-state index is 12.4. The number of aliphatic hydroxyl groups excluding tert-OH is 1. The lowest BCUT2D eigenvalue weighted by atomic mass is 9.47. The monoisotopic (exact) mass is 300 g/mol. The molecule has 0 bridgehead atoms. The molecule has 0 aromatic carbocycles. The Morgan fingerprint density at radius 3 is 2.73 bits per heavy atom. The summed E-state index contributed by atoms with van der Waals surface area (Å²) < 4.78 is 0. The van der Waals surface area contributed by atoms with Crippen LogP contribution in [-0.2, 0) is 9.59 Å². The summed E-state index contributed by atoms with van der Waals surface area (Å²) in [5, 5.41) is 10.9. The highest BCUT2D eigenvalue weighted by atomic mass is 16.3. The molecule has 0 heterocycles. The number of hydrogen-bond donors (Lipinski definition) is 1. The normalized spacial score (nSPS) is 50.2. The first-order valence-electron chi connectivity index (χ1n) is 8.52. The minimum atomic E-state index is -0.458. The lowest BCUT2D eigenvalue weighted by molar-refractivity contribution is -0.142. The molecular formula is C19H24O3. The molecule has 0 saturated heterocycles. The van der Waals surface area contributed by atoms with E-state index in [9.17, 15) is 14.7 Å². The number of allylic oxidation sites excluding steroid dienone is 4. The Balaban J connectivity index is 1.77. The van der Waals surface area contributed by atoms with Gasteiger partial charge in [-0.3, -0.25) is 9.59 Å². The molecule has 3 heteroatoms. The molecule has 118 valence electrons. The summed E-state index contributed by atoms with van der Waals surface area (Å²) in [7, 11) is 0. The second kappa shape index (κ2) is 4.41. The van der Waals surface area contributed by atoms with E-state index in [1.165, 1.54) is 5.57 Å². The quantitative estimate of drug-likeness (QED) is 0.748. The maximum absolute atomic E-state index is 12.4. The zero-order chi connectivity index (χ0) is 15.7. The van der Waals surface area contributed by atoms with Gasteiger partial charge in [-0.15, -0.1) is 0 Å². The van der Waals surface area contributed by atoms with Gasteiger partial charge in [0.2, 0.25) is 0 Å². The van der Waals surface area contributed by atoms with Crippen LogP contribution in [-0.4, -0.2) is 22.8 Å². The largest absolute Gasteiger partial charge is 0.393 e. The molecule has 3 fully saturated rings. The van der Waals surface area contributed by atoms with Crippen molar-refractivity contribution in [3.63, 3.8) is 0 Å². The van der Waals surface area contributed by atoms with Crippen LogP contribution >= 0.6 is 0 Å². The van der Waals surface area contributed by atoms with Crippen molar-refractivity contribution in [1.82, 2.24) is 0 Å². The topological polar surface area (TPSA) is 54.4 Å². The number of Topliss-reactive ketones (excluding diaryl/α,β-unsaturated/α-hetero) is 1. The van der Waals surface area contributed by atoms with Crippen molar-refractivity contribution in [3.05, 3.63) is 23.8 Å². The molecule has 0 aromatic rings. The second-order valence-corrected chi connectivity index (χ2v) is 8.17. The number of carbonyl (C=O) groups excluding carboxylic acids is 2. The van der Waals surface area contributed by atoms with E-state index >= 15 is 0 Å². The number of carbonyl (C=O) groups is 2. The van der Waals surface area contributed by atoms with Crippen LogP contribution in [0.15, 0.2) is 23.8 Å². The van der Waals surface area contributed by atoms with Crippen molar-refractivity contribution < 1.29 is 14.7 Å². The molecule has 3 unspecified atom stereocenters. The Bertz CT molecular complexity index is 616. The average Bonchev–Trinajstić information content (AvgIpc) is 2.75. The summed E-state index contributed by atoms with van der Waals surface area (Å²) in [4.78, 5) is 24.1. The summed E-state index contributed by atoms with van der Waals surface area (Å²) in [5.41, 5.74) is 0.628. The zero-order valence-corrected chi connectivity index (χ0v) is 13.3. The molecule has 3 saturated carbocycles. The van der Waals surface area contributed by atoms with E-state index in [0.29, 0.717) is 30.5 Å². The fourth-order valence-corrected chi connectivity index (χ4v) is 6.10. The van der Waals surface area contributed by atoms with Crippen LogP contribution in [0.2, 0.25) is 0 Å². The highest BCUT2D eigenvalue weighted by molar-refractivity contribution is 6.01. The van der Waals surface area contributed by atoms with Crippen LogP contribution in [0.25, 0.3) is 0 Å². The molecule has 0 aromatic heterocycles. The number of aliphatic hydroxyl groups is 1. The fraction of sp³-hybridized carbons (Fsp3) is 0.684. The van der Waals surface area contributed by atoms with E-state index in [4.69, 9.17) is 0 Å². The third-order valence-electron chi connectivity index (χ3n) is 7.21. The van der Waals surface area contributed by atoms with E-state index in [-0.39, 0.29) is 22.5 Å². The van der Waals surface area contributed by atoms with Crippen molar-refractivity contribution in [2.75, 3.05) is 0 Å². The van der Waals surface area contributed by atoms with Gasteiger partial charge < -0.3 is 5.11 Å². The van der Waals surface area contributed by atoms with E-state index in [2.05, 4.69) is 13.8 Å². The van der Waals surface area contributed by atoms with Gasteiger partial charge in [0, 0.05) is 23.2 Å². The first-order chi connectivity index (χ1) is 10.4. The Morgan fingerprint density at radius 2 is 1.95 bits per heavy atom. The molecule has 0 radical (unpaired) electrons. The van der Waals surface area contributed by atoms with Crippen LogP contribution in [0.4, 0.5) is 0 Å². The molecule has 22 heavy (non-hydrogen) atoms. The van der Waals surface area contributed by atoms with Gasteiger partial charge in [0.25, 0.3) is 0 Å². The molecule has 3 nitrogen and oxygen atoms in total. The standard InChI is InChI=1S/C19H24O3/c1-18-8-7-12(20)9-11(18)3-4-13-14-5-6-16(22)19(14,2)10-15(21)17(13)18/h7-9,13-15,17,21H,3-6,10H2,1-2H3/t13?,14?,15-,17?,18+,19+/m1/s1. The van der Waals surface area contributed by atoms with E-state index in [0.717, 1.165) is 19.3 Å². The van der Waals surface area contributed by atoms with Gasteiger partial charge in [0.05, 0.1) is 6.10 Å². The van der Waals surface area contributed by atoms with Gasteiger partial charge in [-0.05, 0) is 49.7 Å². The van der Waals surface area contributed by atoms with Gasteiger partial charge >= 0.3 is 0 Å². The molecule has 4 rings (SSSR count). The minimum absolute atomic E-state index is 0.0668. The molecular weight excluding hydrogens is 276 g/mol. The van der Waals surface area contributed by atoms with E-state index < -0.39 is 6.10 Å². The average molecular weight is 300 g/mol. The fourth-order valence-electron chi connectivity index (χ4n) is 6.10. The first-order valence-corrected chi connectivity index (χ1v) is 8.52. The molecule has 0 aliphatic heterocycles. The lowest BCUT2D eigenvalue weighted by Gasteiger charge is -2.57. The lowest BCUT2D eigenvalue weighted by Crippen LogP contribution is -2.55. The third kappa shape index (κ3) is 1.66. The Kier molecular flexibility index (Phi) is 2.88. The van der Waals surface area contributed by atoms with Crippen LogP contribution in [0, 0.1) is 28.6 Å². The smallest absolute Gasteiger partial charge is 0.178 e. The summed E-state index contributed by atoms with van der Waals surface area (Å²) >= 11 is 0. The van der Waals surface area contributed by atoms with Crippen molar-refractivity contribution in [2.45, 2.75) is 52.1 Å². The van der Waals surface area contributed by atoms with Gasteiger partial charge in [-0.25, -0.2) is 0 Å². The van der Waals surface area contributed by atoms with Crippen LogP contribution in [0.3, 0.4) is 0 Å². The van der Waals surface area contributed by atoms with Gasteiger partial charge in [-0.2, -0.15) is 0 Å². The van der Waals surface area contributed by atoms with Crippen molar-refractivity contribution in [1.29, 1.82) is 0 Å². The molecule has 4 aliphatic carbocycles. The van der Waals surface area contributed by atoms with Gasteiger partial charge in [0.1, 0.15) is 5.78 Å². The predicted octanol–water partition coefficient (Wildman–Crippen LogP) is 2.83. The van der Waals surface area contributed by atoms with Crippen molar-refractivity contribution in [2.24, 2.45) is 28.6 Å². The molecule has 6 atom stereocenters. The Morgan fingerprint density at radius 1 is 1.18 bits per heavy atom. The molecule has 4 aliphatic rings. The summed E-state index contributed by atoms with van der Waals surface area (Å²) in [6, 6.07) is 0. The second-order valence-electron chi connectivity index (χ2n) is 8.17.